The van der Waals surface area contributed by atoms with Crippen molar-refractivity contribution in [2.75, 3.05) is 0 Å². The average molecular weight is 357 g/mol. The first-order valence-electron chi connectivity index (χ1n) is 5.53. The topological polar surface area (TPSA) is 30.2 Å². The monoisotopic (exact) mass is 355 g/mol. The van der Waals surface area contributed by atoms with Crippen LogP contribution in [0.4, 0.5) is 0 Å². The van der Waals surface area contributed by atoms with Gasteiger partial charge in [0.2, 0.25) is 0 Å². The fraction of sp³-hybridized carbons (Fsp3) is 0.0769. The molecule has 3 rings (SSSR count). The van der Waals surface area contributed by atoms with Crippen LogP contribution in [0.1, 0.15) is 5.56 Å². The van der Waals surface area contributed by atoms with E-state index in [1.54, 1.807) is 10.7 Å². The van der Waals surface area contributed by atoms with Crippen LogP contribution in [-0.2, 0) is 0 Å². The maximum atomic E-state index is 6.41. The van der Waals surface area contributed by atoms with Gasteiger partial charge in [-0.2, -0.15) is 5.10 Å². The van der Waals surface area contributed by atoms with E-state index >= 15 is 0 Å². The molecule has 3 aromatic rings. The van der Waals surface area contributed by atoms with Gasteiger partial charge >= 0.3 is 0 Å². The molecule has 0 saturated carbocycles. The van der Waals surface area contributed by atoms with Gasteiger partial charge in [0.25, 0.3) is 0 Å². The van der Waals surface area contributed by atoms with Crippen LogP contribution in [0.3, 0.4) is 0 Å². The summed E-state index contributed by atoms with van der Waals surface area (Å²) in [4.78, 5) is 4.37. The number of halogens is 3. The Bertz CT molecular complexity index is 783. The lowest BCUT2D eigenvalue weighted by molar-refractivity contribution is 0.942. The molecular weight excluding hydrogens is 349 g/mol. The van der Waals surface area contributed by atoms with Gasteiger partial charge < -0.3 is 0 Å². The van der Waals surface area contributed by atoms with Crippen molar-refractivity contribution in [3.63, 3.8) is 0 Å². The van der Waals surface area contributed by atoms with Gasteiger partial charge in [0.1, 0.15) is 10.3 Å². The van der Waals surface area contributed by atoms with Crippen molar-refractivity contribution in [3.8, 4) is 11.1 Å². The van der Waals surface area contributed by atoms with Crippen molar-refractivity contribution in [2.24, 2.45) is 0 Å². The smallest absolute Gasteiger partial charge is 0.161 e. The number of fused-ring (bicyclic) bond motifs is 1. The highest BCUT2D eigenvalue weighted by atomic mass is 79.9. The van der Waals surface area contributed by atoms with Crippen molar-refractivity contribution >= 4 is 44.8 Å². The average Bonchev–Trinajstić information content (AvgIpc) is 2.72. The first kappa shape index (κ1) is 12.9. The number of aromatic nitrogens is 3. The van der Waals surface area contributed by atoms with Gasteiger partial charge in [-0.15, -0.1) is 0 Å². The lowest BCUT2D eigenvalue weighted by Gasteiger charge is -2.09. The third-order valence-electron chi connectivity index (χ3n) is 2.84. The summed E-state index contributed by atoms with van der Waals surface area (Å²) in [5.41, 5.74) is 3.19. The molecule has 0 radical (unpaired) electrons. The summed E-state index contributed by atoms with van der Waals surface area (Å²) in [5, 5.41) is 5.05. The fourth-order valence-corrected chi connectivity index (χ4v) is 2.97. The molecule has 0 unspecified atom stereocenters. The number of benzene rings is 1. The molecular formula is C13H8BrCl2N3. The lowest BCUT2D eigenvalue weighted by atomic mass is 10.1. The molecule has 2 aromatic heterocycles. The van der Waals surface area contributed by atoms with Crippen LogP contribution >= 0.6 is 39.1 Å². The molecule has 96 valence electrons. The zero-order chi connectivity index (χ0) is 13.6. The summed E-state index contributed by atoms with van der Waals surface area (Å²) < 4.78 is 2.55. The summed E-state index contributed by atoms with van der Waals surface area (Å²) in [7, 11) is 0. The van der Waals surface area contributed by atoms with Crippen LogP contribution in [0.25, 0.3) is 16.8 Å². The van der Waals surface area contributed by atoms with E-state index in [1.165, 1.54) is 0 Å². The van der Waals surface area contributed by atoms with Crippen molar-refractivity contribution in [3.05, 3.63) is 50.8 Å². The Labute approximate surface area is 128 Å². The second kappa shape index (κ2) is 4.78. The molecule has 0 bridgehead atoms. The first-order chi connectivity index (χ1) is 9.08. The predicted molar refractivity (Wildman–Crippen MR) is 80.9 cm³/mol. The lowest BCUT2D eigenvalue weighted by Crippen LogP contribution is -1.97. The Kier molecular flexibility index (Phi) is 3.25. The molecule has 0 spiro atoms. The van der Waals surface area contributed by atoms with Gasteiger partial charge in [0, 0.05) is 10.0 Å². The standard InChI is InChI=1S/C13H8BrCl2N3/c1-7-6-17-19-12(16)10(11(15)18-13(7)19)8-3-2-4-9(14)5-8/h2-6H,1H3. The van der Waals surface area contributed by atoms with Crippen LogP contribution in [0.2, 0.25) is 10.3 Å². The van der Waals surface area contributed by atoms with Crippen molar-refractivity contribution in [1.29, 1.82) is 0 Å². The van der Waals surface area contributed by atoms with Gasteiger partial charge in [-0.1, -0.05) is 51.3 Å². The third-order valence-corrected chi connectivity index (χ3v) is 3.95. The highest BCUT2D eigenvalue weighted by Crippen LogP contribution is 2.35. The summed E-state index contributed by atoms with van der Waals surface area (Å²) in [6.07, 6.45) is 1.72. The Hall–Kier alpha value is -1.10. The highest BCUT2D eigenvalue weighted by molar-refractivity contribution is 9.10. The predicted octanol–water partition coefficient (Wildman–Crippen LogP) is 4.77. The van der Waals surface area contributed by atoms with Crippen molar-refractivity contribution < 1.29 is 0 Å². The maximum absolute atomic E-state index is 6.41. The molecule has 3 nitrogen and oxygen atoms in total. The van der Waals surface area contributed by atoms with E-state index in [-0.39, 0.29) is 0 Å². The van der Waals surface area contributed by atoms with Gasteiger partial charge in [-0.25, -0.2) is 9.50 Å². The summed E-state index contributed by atoms with van der Waals surface area (Å²) >= 11 is 16.1. The molecule has 0 amide bonds. The number of hydrogen-bond acceptors (Lipinski definition) is 2. The van der Waals surface area contributed by atoms with E-state index in [2.05, 4.69) is 26.0 Å². The normalized spacial score (nSPS) is 11.2. The zero-order valence-corrected chi connectivity index (χ0v) is 13.0. The van der Waals surface area contributed by atoms with Gasteiger partial charge in [0.15, 0.2) is 5.65 Å². The molecule has 0 saturated heterocycles. The largest absolute Gasteiger partial charge is 0.216 e. The highest BCUT2D eigenvalue weighted by Gasteiger charge is 2.16. The van der Waals surface area contributed by atoms with E-state index in [4.69, 9.17) is 23.2 Å². The summed E-state index contributed by atoms with van der Waals surface area (Å²) in [6.45, 7) is 1.92. The SMILES string of the molecule is Cc1cnn2c(Cl)c(-c3cccc(Br)c3)c(Cl)nc12. The number of rotatable bonds is 1. The minimum absolute atomic E-state index is 0.374. The van der Waals surface area contributed by atoms with Crippen LogP contribution in [0, 0.1) is 6.92 Å². The second-order valence-corrected chi connectivity index (χ2v) is 5.77. The van der Waals surface area contributed by atoms with Crippen LogP contribution < -0.4 is 0 Å². The van der Waals surface area contributed by atoms with E-state index in [0.29, 0.717) is 21.5 Å². The second-order valence-electron chi connectivity index (χ2n) is 4.14. The Morgan fingerprint density at radius 1 is 1.26 bits per heavy atom. The quantitative estimate of drug-likeness (QED) is 0.587. The first-order valence-corrected chi connectivity index (χ1v) is 7.08. The third kappa shape index (κ3) is 2.14. The van der Waals surface area contributed by atoms with Crippen LogP contribution in [-0.4, -0.2) is 14.6 Å². The summed E-state index contributed by atoms with van der Waals surface area (Å²) in [5.74, 6) is 0. The molecule has 19 heavy (non-hydrogen) atoms. The fourth-order valence-electron chi connectivity index (χ4n) is 1.93. The Balaban J connectivity index is 2.35. The van der Waals surface area contributed by atoms with Gasteiger partial charge in [0.05, 0.1) is 11.8 Å². The molecule has 0 aliphatic rings. The van der Waals surface area contributed by atoms with Crippen molar-refractivity contribution in [1.82, 2.24) is 14.6 Å². The number of hydrogen-bond donors (Lipinski definition) is 0. The van der Waals surface area contributed by atoms with Crippen LogP contribution in [0.5, 0.6) is 0 Å². The molecule has 0 N–H and O–H groups in total. The molecule has 0 atom stereocenters. The van der Waals surface area contributed by atoms with Crippen molar-refractivity contribution in [2.45, 2.75) is 6.92 Å². The molecule has 0 aliphatic carbocycles. The molecule has 0 fully saturated rings. The molecule has 2 heterocycles. The number of aryl methyl sites for hydroxylation is 1. The zero-order valence-electron chi connectivity index (χ0n) is 9.86. The molecule has 0 aliphatic heterocycles. The van der Waals surface area contributed by atoms with Crippen LogP contribution in [0.15, 0.2) is 34.9 Å². The van der Waals surface area contributed by atoms with E-state index in [9.17, 15) is 0 Å². The Morgan fingerprint density at radius 2 is 2.05 bits per heavy atom. The number of nitrogens with zero attached hydrogens (tertiary/aromatic N) is 3. The molecule has 6 heteroatoms. The van der Waals surface area contributed by atoms with E-state index in [0.717, 1.165) is 15.6 Å². The van der Waals surface area contributed by atoms with Gasteiger partial charge in [-0.05, 0) is 24.6 Å². The Morgan fingerprint density at radius 3 is 2.79 bits per heavy atom. The summed E-state index contributed by atoms with van der Waals surface area (Å²) in [6, 6.07) is 7.73. The van der Waals surface area contributed by atoms with E-state index < -0.39 is 0 Å². The minimum Gasteiger partial charge on any atom is -0.216 e. The molecule has 1 aromatic carbocycles. The minimum atomic E-state index is 0.374. The van der Waals surface area contributed by atoms with E-state index in [1.807, 2.05) is 31.2 Å². The maximum Gasteiger partial charge on any atom is 0.161 e. The van der Waals surface area contributed by atoms with Gasteiger partial charge in [-0.3, -0.25) is 0 Å².